The zero-order valence-corrected chi connectivity index (χ0v) is 27.9. The van der Waals surface area contributed by atoms with Crippen molar-refractivity contribution in [3.63, 3.8) is 0 Å². The highest BCUT2D eigenvalue weighted by Gasteiger charge is 2.30. The molecular weight excluding hydrogens is 801 g/mol. The molecule has 2 atom stereocenters. The minimum Gasteiger partial charge on any atom is -0.489 e. The van der Waals surface area contributed by atoms with E-state index >= 15 is 0 Å². The molecule has 0 amide bonds. The molecule has 2 heterocycles. The predicted molar refractivity (Wildman–Crippen MR) is 167 cm³/mol. The van der Waals surface area contributed by atoms with Gasteiger partial charge in [-0.15, -0.1) is 0 Å². The van der Waals surface area contributed by atoms with Crippen LogP contribution in [0.1, 0.15) is 82.5 Å². The lowest BCUT2D eigenvalue weighted by molar-refractivity contribution is -0.215. The lowest BCUT2D eigenvalue weighted by Crippen LogP contribution is -2.28. The second kappa shape index (κ2) is 18.4. The van der Waals surface area contributed by atoms with E-state index in [1.54, 1.807) is 7.11 Å². The number of rotatable bonds is 11. The van der Waals surface area contributed by atoms with E-state index in [2.05, 4.69) is 73.8 Å². The fraction of sp³-hybridized carbons (Fsp3) is 0.778. The van der Waals surface area contributed by atoms with Gasteiger partial charge < -0.3 is 28.4 Å². The van der Waals surface area contributed by atoms with Crippen molar-refractivity contribution < 1.29 is 28.4 Å². The maximum atomic E-state index is 6.74. The lowest BCUT2D eigenvalue weighted by Gasteiger charge is -2.33. The zero-order valence-electron chi connectivity index (χ0n) is 21.4. The fourth-order valence-corrected chi connectivity index (χ4v) is 8.90. The second-order valence-corrected chi connectivity index (χ2v) is 12.8. The second-order valence-electron chi connectivity index (χ2n) is 9.44. The fourth-order valence-electron chi connectivity index (χ4n) is 4.70. The molecule has 2 bridgehead atoms. The van der Waals surface area contributed by atoms with E-state index < -0.39 is 0 Å². The van der Waals surface area contributed by atoms with E-state index in [4.69, 9.17) is 28.4 Å². The first-order valence-electron chi connectivity index (χ1n) is 13.4. The topological polar surface area (TPSA) is 55.4 Å². The standard InChI is InChI=1S/C27H41I3O6/c1-31-13-14-32-15-16-33-17-18-34-26-23(29)19-22(28)24(25(26)30)27-35-20-9-6-4-2-3-5-7-10-21(36-27)12-8-11-20/h19-21,27H,2-18H2,1H3. The minimum absolute atomic E-state index is 0.256. The van der Waals surface area contributed by atoms with Gasteiger partial charge >= 0.3 is 0 Å². The van der Waals surface area contributed by atoms with Crippen LogP contribution in [0.2, 0.25) is 0 Å². The number of hydrogen-bond acceptors (Lipinski definition) is 6. The number of ether oxygens (including phenoxy) is 6. The Balaban J connectivity index is 1.66. The van der Waals surface area contributed by atoms with Crippen LogP contribution in [0.15, 0.2) is 6.07 Å². The van der Waals surface area contributed by atoms with Gasteiger partial charge in [0, 0.05) is 16.2 Å². The molecule has 3 aliphatic rings. The van der Waals surface area contributed by atoms with Gasteiger partial charge in [0.25, 0.3) is 0 Å². The van der Waals surface area contributed by atoms with Gasteiger partial charge in [-0.05, 0) is 106 Å². The highest BCUT2D eigenvalue weighted by atomic mass is 127. The Labute approximate surface area is 258 Å². The van der Waals surface area contributed by atoms with Gasteiger partial charge in [-0.2, -0.15) is 0 Å². The summed E-state index contributed by atoms with van der Waals surface area (Å²) in [7, 11) is 1.67. The van der Waals surface area contributed by atoms with Gasteiger partial charge in [0.2, 0.25) is 0 Å². The van der Waals surface area contributed by atoms with Crippen molar-refractivity contribution in [2.45, 2.75) is 89.1 Å². The van der Waals surface area contributed by atoms with Gasteiger partial charge in [-0.1, -0.05) is 38.5 Å². The van der Waals surface area contributed by atoms with Crippen LogP contribution in [0, 0.1) is 10.7 Å². The zero-order chi connectivity index (χ0) is 25.6. The summed E-state index contributed by atoms with van der Waals surface area (Å²) in [5.74, 6) is 0.895. The van der Waals surface area contributed by atoms with Crippen molar-refractivity contribution in [3.05, 3.63) is 22.3 Å². The molecule has 2 unspecified atom stereocenters. The molecule has 4 rings (SSSR count). The number of methoxy groups -OCH3 is 1. The number of halogens is 3. The molecule has 0 radical (unpaired) electrons. The van der Waals surface area contributed by atoms with Crippen molar-refractivity contribution in [1.82, 2.24) is 0 Å². The Morgan fingerprint density at radius 3 is 1.83 bits per heavy atom. The van der Waals surface area contributed by atoms with E-state index in [-0.39, 0.29) is 18.5 Å². The Hall–Kier alpha value is 1.01. The average Bonchev–Trinajstić information content (AvgIpc) is 2.87. The van der Waals surface area contributed by atoms with Crippen LogP contribution in [0.4, 0.5) is 0 Å². The summed E-state index contributed by atoms with van der Waals surface area (Å²) in [5.41, 5.74) is 1.12. The summed E-state index contributed by atoms with van der Waals surface area (Å²) >= 11 is 7.21. The third-order valence-corrected chi connectivity index (χ3v) is 9.43. The summed E-state index contributed by atoms with van der Waals surface area (Å²) in [6.45, 7) is 3.30. The molecule has 206 valence electrons. The van der Waals surface area contributed by atoms with Gasteiger partial charge in [0.15, 0.2) is 6.29 Å². The van der Waals surface area contributed by atoms with E-state index in [0.29, 0.717) is 39.6 Å². The summed E-state index contributed by atoms with van der Waals surface area (Å²) in [5, 5.41) is 0. The molecule has 2 saturated heterocycles. The summed E-state index contributed by atoms with van der Waals surface area (Å²) in [6, 6.07) is 2.18. The molecule has 0 N–H and O–H groups in total. The highest BCUT2D eigenvalue weighted by molar-refractivity contribution is 14.1. The molecule has 0 aromatic heterocycles. The molecule has 6 nitrogen and oxygen atoms in total. The average molecular weight is 842 g/mol. The number of benzene rings is 1. The predicted octanol–water partition coefficient (Wildman–Crippen LogP) is 7.65. The smallest absolute Gasteiger partial charge is 0.186 e. The molecule has 9 heteroatoms. The SMILES string of the molecule is COCCOCCOCCOc1c(I)cc(I)c(C2OC3CCCCCCCCC(CCC3)O2)c1I. The molecule has 1 aliphatic carbocycles. The van der Waals surface area contributed by atoms with Crippen LogP contribution in [0.3, 0.4) is 0 Å². The van der Waals surface area contributed by atoms with Crippen molar-refractivity contribution >= 4 is 67.8 Å². The molecule has 2 aliphatic heterocycles. The monoisotopic (exact) mass is 842 g/mol. The Kier molecular flexibility index (Phi) is 16.1. The van der Waals surface area contributed by atoms with E-state index in [1.807, 2.05) is 0 Å². The molecule has 0 spiro atoms. The Morgan fingerprint density at radius 2 is 1.22 bits per heavy atom. The van der Waals surface area contributed by atoms with Gasteiger partial charge in [0.05, 0.1) is 52.4 Å². The van der Waals surface area contributed by atoms with Crippen LogP contribution in [-0.2, 0) is 23.7 Å². The Bertz CT molecular complexity index is 742. The third-order valence-electron chi connectivity index (χ3n) is 6.66. The van der Waals surface area contributed by atoms with E-state index in [0.717, 1.165) is 44.1 Å². The molecule has 36 heavy (non-hydrogen) atoms. The summed E-state index contributed by atoms with van der Waals surface area (Å²) in [4.78, 5) is 0. The van der Waals surface area contributed by atoms with Gasteiger partial charge in [-0.3, -0.25) is 0 Å². The molecule has 1 aromatic rings. The van der Waals surface area contributed by atoms with Gasteiger partial charge in [0.1, 0.15) is 12.4 Å². The van der Waals surface area contributed by atoms with E-state index in [9.17, 15) is 0 Å². The van der Waals surface area contributed by atoms with Crippen LogP contribution in [-0.4, -0.2) is 59.0 Å². The number of fused-ring (bicyclic) bond motifs is 11. The van der Waals surface area contributed by atoms with Gasteiger partial charge in [-0.25, -0.2) is 0 Å². The first-order chi connectivity index (χ1) is 17.6. The normalized spacial score (nSPS) is 23.9. The first kappa shape index (κ1) is 31.5. The van der Waals surface area contributed by atoms with Crippen LogP contribution in [0.5, 0.6) is 5.75 Å². The molecule has 3 fully saturated rings. The largest absolute Gasteiger partial charge is 0.489 e. The third kappa shape index (κ3) is 10.9. The minimum atomic E-state index is -0.347. The van der Waals surface area contributed by atoms with Crippen molar-refractivity contribution in [3.8, 4) is 5.75 Å². The quantitative estimate of drug-likeness (QED) is 0.169. The highest BCUT2D eigenvalue weighted by Crippen LogP contribution is 2.41. The van der Waals surface area contributed by atoms with Crippen LogP contribution >= 0.6 is 67.8 Å². The Morgan fingerprint density at radius 1 is 0.694 bits per heavy atom. The molecule has 1 saturated carbocycles. The van der Waals surface area contributed by atoms with E-state index in [1.165, 1.54) is 48.5 Å². The first-order valence-corrected chi connectivity index (χ1v) is 16.6. The van der Waals surface area contributed by atoms with Crippen molar-refractivity contribution in [1.29, 1.82) is 0 Å². The van der Waals surface area contributed by atoms with Crippen LogP contribution < -0.4 is 4.74 Å². The van der Waals surface area contributed by atoms with Crippen LogP contribution in [0.25, 0.3) is 0 Å². The maximum absolute atomic E-state index is 6.74. The lowest BCUT2D eigenvalue weighted by atomic mass is 10.0. The summed E-state index contributed by atoms with van der Waals surface area (Å²) in [6.07, 6.45) is 13.7. The molecule has 1 aromatic carbocycles. The van der Waals surface area contributed by atoms with Crippen molar-refractivity contribution in [2.75, 3.05) is 46.8 Å². The maximum Gasteiger partial charge on any atom is 0.186 e. The summed E-state index contributed by atoms with van der Waals surface area (Å²) < 4.78 is 39.2. The molecular formula is C27H41I3O6. The number of hydrogen-bond donors (Lipinski definition) is 0. The van der Waals surface area contributed by atoms with Crippen molar-refractivity contribution in [2.24, 2.45) is 0 Å².